The van der Waals surface area contributed by atoms with Crippen LogP contribution in [-0.2, 0) is 9.53 Å². The molecular weight excluding hydrogens is 230 g/mol. The van der Waals surface area contributed by atoms with Crippen LogP contribution < -0.4 is 10.1 Å². The molecule has 0 saturated carbocycles. The number of rotatable bonds is 6. The van der Waals surface area contributed by atoms with Gasteiger partial charge in [-0.15, -0.1) is 0 Å². The first kappa shape index (κ1) is 14.1. The van der Waals surface area contributed by atoms with Crippen molar-refractivity contribution in [3.8, 4) is 5.75 Å². The van der Waals surface area contributed by atoms with Crippen LogP contribution in [0.25, 0.3) is 0 Å². The summed E-state index contributed by atoms with van der Waals surface area (Å²) in [6, 6.07) is 7.58. The van der Waals surface area contributed by atoms with E-state index in [1.165, 1.54) is 19.4 Å². The summed E-state index contributed by atoms with van der Waals surface area (Å²) in [7, 11) is 1.34. The van der Waals surface area contributed by atoms with Gasteiger partial charge in [-0.3, -0.25) is 0 Å². The zero-order chi connectivity index (χ0) is 13.4. The standard InChI is InChI=1S/C14H19NO3/c1-4-11(2)18-13-7-5-6-12(10-13)15-9-8-14(16)17-3/h5-11,15H,4H2,1-3H3/b9-8+. The molecule has 0 amide bonds. The van der Waals surface area contributed by atoms with E-state index in [0.29, 0.717) is 0 Å². The van der Waals surface area contributed by atoms with Crippen LogP contribution in [0.1, 0.15) is 20.3 Å². The Labute approximate surface area is 108 Å². The Hall–Kier alpha value is -1.97. The number of methoxy groups -OCH3 is 1. The Balaban J connectivity index is 2.59. The van der Waals surface area contributed by atoms with Gasteiger partial charge < -0.3 is 14.8 Å². The summed E-state index contributed by atoms with van der Waals surface area (Å²) < 4.78 is 10.2. The molecule has 4 nitrogen and oxygen atoms in total. The highest BCUT2D eigenvalue weighted by atomic mass is 16.5. The van der Waals surface area contributed by atoms with Gasteiger partial charge in [0.05, 0.1) is 13.2 Å². The van der Waals surface area contributed by atoms with Crippen LogP contribution in [0.5, 0.6) is 5.75 Å². The van der Waals surface area contributed by atoms with Crippen LogP contribution in [-0.4, -0.2) is 19.2 Å². The van der Waals surface area contributed by atoms with Gasteiger partial charge in [-0.1, -0.05) is 13.0 Å². The molecule has 0 saturated heterocycles. The predicted octanol–water partition coefficient (Wildman–Crippen LogP) is 2.96. The second kappa shape index (κ2) is 7.37. The maximum Gasteiger partial charge on any atom is 0.331 e. The summed E-state index contributed by atoms with van der Waals surface area (Å²) in [5.41, 5.74) is 0.857. The van der Waals surface area contributed by atoms with E-state index >= 15 is 0 Å². The van der Waals surface area contributed by atoms with E-state index in [2.05, 4.69) is 17.0 Å². The van der Waals surface area contributed by atoms with Gasteiger partial charge >= 0.3 is 5.97 Å². The van der Waals surface area contributed by atoms with E-state index in [0.717, 1.165) is 17.9 Å². The highest BCUT2D eigenvalue weighted by Crippen LogP contribution is 2.19. The molecule has 1 atom stereocenters. The minimum atomic E-state index is -0.394. The van der Waals surface area contributed by atoms with Crippen molar-refractivity contribution in [2.45, 2.75) is 26.4 Å². The van der Waals surface area contributed by atoms with E-state index in [4.69, 9.17) is 4.74 Å². The van der Waals surface area contributed by atoms with Crippen LogP contribution >= 0.6 is 0 Å². The molecule has 18 heavy (non-hydrogen) atoms. The monoisotopic (exact) mass is 249 g/mol. The van der Waals surface area contributed by atoms with Gasteiger partial charge in [0, 0.05) is 24.0 Å². The molecule has 0 aliphatic carbocycles. The predicted molar refractivity (Wildman–Crippen MR) is 71.6 cm³/mol. The molecule has 4 heteroatoms. The molecule has 0 bridgehead atoms. The average Bonchev–Trinajstić information content (AvgIpc) is 2.38. The topological polar surface area (TPSA) is 47.6 Å². The third-order valence-electron chi connectivity index (χ3n) is 2.42. The first-order valence-corrected chi connectivity index (χ1v) is 5.93. The molecule has 0 fully saturated rings. The fourth-order valence-corrected chi connectivity index (χ4v) is 1.25. The second-order valence-electron chi connectivity index (χ2n) is 3.87. The molecule has 0 spiro atoms. The number of hydrogen-bond donors (Lipinski definition) is 1. The van der Waals surface area contributed by atoms with Crippen molar-refractivity contribution in [2.24, 2.45) is 0 Å². The van der Waals surface area contributed by atoms with Gasteiger partial charge in [0.15, 0.2) is 0 Å². The highest BCUT2D eigenvalue weighted by Gasteiger charge is 2.01. The van der Waals surface area contributed by atoms with Crippen LogP contribution in [0.2, 0.25) is 0 Å². The van der Waals surface area contributed by atoms with Crippen molar-refractivity contribution in [1.29, 1.82) is 0 Å². The molecule has 1 N–H and O–H groups in total. The number of ether oxygens (including phenoxy) is 2. The van der Waals surface area contributed by atoms with Gasteiger partial charge in [0.1, 0.15) is 5.75 Å². The molecule has 1 unspecified atom stereocenters. The lowest BCUT2D eigenvalue weighted by Crippen LogP contribution is -2.09. The molecule has 0 radical (unpaired) electrons. The lowest BCUT2D eigenvalue weighted by atomic mass is 10.3. The van der Waals surface area contributed by atoms with Gasteiger partial charge in [-0.25, -0.2) is 4.79 Å². The SMILES string of the molecule is CCC(C)Oc1cccc(N/C=C/C(=O)OC)c1. The van der Waals surface area contributed by atoms with Gasteiger partial charge in [-0.05, 0) is 25.5 Å². The molecule has 0 aromatic heterocycles. The first-order chi connectivity index (χ1) is 8.65. The van der Waals surface area contributed by atoms with E-state index in [-0.39, 0.29) is 6.10 Å². The van der Waals surface area contributed by atoms with Crippen LogP contribution in [0.3, 0.4) is 0 Å². The molecule has 0 aliphatic rings. The van der Waals surface area contributed by atoms with E-state index in [9.17, 15) is 4.79 Å². The zero-order valence-corrected chi connectivity index (χ0v) is 11.0. The zero-order valence-electron chi connectivity index (χ0n) is 11.0. The minimum absolute atomic E-state index is 0.186. The first-order valence-electron chi connectivity index (χ1n) is 5.93. The second-order valence-corrected chi connectivity index (χ2v) is 3.87. The summed E-state index contributed by atoms with van der Waals surface area (Å²) in [5.74, 6) is 0.412. The number of anilines is 1. The molecule has 0 heterocycles. The number of nitrogens with one attached hydrogen (secondary N) is 1. The van der Waals surface area contributed by atoms with E-state index in [1.807, 2.05) is 31.2 Å². The fraction of sp³-hybridized carbons (Fsp3) is 0.357. The van der Waals surface area contributed by atoms with Crippen LogP contribution in [0, 0.1) is 0 Å². The number of carbonyl (C=O) groups is 1. The number of esters is 1. The van der Waals surface area contributed by atoms with Gasteiger partial charge in [0.25, 0.3) is 0 Å². The molecule has 1 rings (SSSR count). The van der Waals surface area contributed by atoms with Crippen molar-refractivity contribution in [3.63, 3.8) is 0 Å². The minimum Gasteiger partial charge on any atom is -0.491 e. The number of carbonyl (C=O) groups excluding carboxylic acids is 1. The summed E-state index contributed by atoms with van der Waals surface area (Å²) >= 11 is 0. The molecule has 1 aromatic rings. The third-order valence-corrected chi connectivity index (χ3v) is 2.42. The Bertz CT molecular complexity index is 415. The smallest absolute Gasteiger partial charge is 0.331 e. The normalized spacial score (nSPS) is 12.2. The summed E-state index contributed by atoms with van der Waals surface area (Å²) in [6.07, 6.45) is 4.00. The maximum atomic E-state index is 10.9. The lowest BCUT2D eigenvalue weighted by Gasteiger charge is -2.13. The van der Waals surface area contributed by atoms with Crippen molar-refractivity contribution in [3.05, 3.63) is 36.5 Å². The average molecular weight is 249 g/mol. The van der Waals surface area contributed by atoms with Crippen molar-refractivity contribution in [1.82, 2.24) is 0 Å². The lowest BCUT2D eigenvalue weighted by molar-refractivity contribution is -0.134. The Morgan fingerprint density at radius 1 is 1.50 bits per heavy atom. The Morgan fingerprint density at radius 3 is 2.94 bits per heavy atom. The fourth-order valence-electron chi connectivity index (χ4n) is 1.25. The summed E-state index contributed by atoms with van der Waals surface area (Å²) in [5, 5.41) is 2.98. The largest absolute Gasteiger partial charge is 0.491 e. The maximum absolute atomic E-state index is 10.9. The summed E-state index contributed by atoms with van der Waals surface area (Å²) in [4.78, 5) is 10.9. The van der Waals surface area contributed by atoms with Gasteiger partial charge in [-0.2, -0.15) is 0 Å². The molecule has 0 aliphatic heterocycles. The van der Waals surface area contributed by atoms with Crippen molar-refractivity contribution >= 4 is 11.7 Å². The number of hydrogen-bond acceptors (Lipinski definition) is 4. The van der Waals surface area contributed by atoms with Crippen molar-refractivity contribution < 1.29 is 14.3 Å². The molecule has 98 valence electrons. The Kier molecular flexibility index (Phi) is 5.77. The highest BCUT2D eigenvalue weighted by molar-refractivity contribution is 5.82. The quantitative estimate of drug-likeness (QED) is 0.622. The van der Waals surface area contributed by atoms with Gasteiger partial charge in [0.2, 0.25) is 0 Å². The third kappa shape index (κ3) is 4.91. The molecular formula is C14H19NO3. The van der Waals surface area contributed by atoms with Crippen LogP contribution in [0.15, 0.2) is 36.5 Å². The molecule has 1 aromatic carbocycles. The number of benzene rings is 1. The van der Waals surface area contributed by atoms with Crippen molar-refractivity contribution in [2.75, 3.05) is 12.4 Å². The Morgan fingerprint density at radius 2 is 2.28 bits per heavy atom. The van der Waals surface area contributed by atoms with E-state index in [1.54, 1.807) is 0 Å². The van der Waals surface area contributed by atoms with E-state index < -0.39 is 5.97 Å². The summed E-state index contributed by atoms with van der Waals surface area (Å²) in [6.45, 7) is 4.10. The van der Waals surface area contributed by atoms with Crippen LogP contribution in [0.4, 0.5) is 5.69 Å².